The van der Waals surface area contributed by atoms with Gasteiger partial charge in [0, 0.05) is 18.8 Å². The van der Waals surface area contributed by atoms with E-state index < -0.39 is 0 Å². The lowest BCUT2D eigenvalue weighted by molar-refractivity contribution is 0.327. The Balaban J connectivity index is 1.80. The van der Waals surface area contributed by atoms with Crippen molar-refractivity contribution in [3.05, 3.63) is 18.0 Å². The van der Waals surface area contributed by atoms with Crippen molar-refractivity contribution in [2.24, 2.45) is 5.92 Å². The molecule has 0 bridgehead atoms. The molecule has 1 unspecified atom stereocenters. The van der Waals surface area contributed by atoms with E-state index in [1.807, 2.05) is 0 Å². The Morgan fingerprint density at radius 1 is 1.26 bits per heavy atom. The monoisotopic (exact) mass is 263 g/mol. The van der Waals surface area contributed by atoms with Crippen molar-refractivity contribution in [2.45, 2.75) is 77.9 Å². The Hall–Kier alpha value is -0.830. The molecule has 0 saturated heterocycles. The summed E-state index contributed by atoms with van der Waals surface area (Å²) in [6.07, 6.45) is 10.1. The summed E-state index contributed by atoms with van der Waals surface area (Å²) in [5.41, 5.74) is 1.18. The van der Waals surface area contributed by atoms with Crippen molar-refractivity contribution in [1.82, 2.24) is 15.1 Å². The van der Waals surface area contributed by atoms with E-state index in [0.717, 1.165) is 12.5 Å². The molecule has 0 spiro atoms. The molecule has 1 atom stereocenters. The van der Waals surface area contributed by atoms with Crippen LogP contribution < -0.4 is 5.32 Å². The minimum Gasteiger partial charge on any atom is -0.309 e. The Morgan fingerprint density at radius 3 is 2.68 bits per heavy atom. The summed E-state index contributed by atoms with van der Waals surface area (Å²) >= 11 is 0. The van der Waals surface area contributed by atoms with Gasteiger partial charge in [-0.15, -0.1) is 0 Å². The highest BCUT2D eigenvalue weighted by molar-refractivity contribution is 5.00. The summed E-state index contributed by atoms with van der Waals surface area (Å²) in [5, 5.41) is 8.31. The Labute approximate surface area is 117 Å². The van der Waals surface area contributed by atoms with Gasteiger partial charge < -0.3 is 5.32 Å². The van der Waals surface area contributed by atoms with Crippen LogP contribution in [0.15, 0.2) is 12.3 Å². The molecule has 1 aromatic heterocycles. The average molecular weight is 263 g/mol. The summed E-state index contributed by atoms with van der Waals surface area (Å²) in [6, 6.07) is 3.39. The highest BCUT2D eigenvalue weighted by Gasteiger charge is 2.16. The quantitative estimate of drug-likeness (QED) is 0.843. The summed E-state index contributed by atoms with van der Waals surface area (Å²) in [6.45, 7) is 7.71. The van der Waals surface area contributed by atoms with E-state index >= 15 is 0 Å². The van der Waals surface area contributed by atoms with Crippen molar-refractivity contribution < 1.29 is 0 Å². The second-order valence-electron chi connectivity index (χ2n) is 6.49. The molecule has 1 aliphatic carbocycles. The molecule has 1 saturated carbocycles. The fraction of sp³-hybridized carbons (Fsp3) is 0.812. The van der Waals surface area contributed by atoms with Crippen LogP contribution in [0, 0.1) is 5.92 Å². The molecule has 0 aromatic carbocycles. The molecule has 2 rings (SSSR count). The van der Waals surface area contributed by atoms with Crippen LogP contribution in [0.2, 0.25) is 0 Å². The van der Waals surface area contributed by atoms with E-state index in [9.17, 15) is 0 Å². The molecule has 1 aliphatic rings. The molecule has 1 fully saturated rings. The third-order valence-electron chi connectivity index (χ3n) is 4.07. The van der Waals surface area contributed by atoms with E-state index in [2.05, 4.69) is 43.0 Å². The summed E-state index contributed by atoms with van der Waals surface area (Å²) < 4.78 is 2.20. The average Bonchev–Trinajstić information content (AvgIpc) is 2.85. The number of rotatable bonds is 6. The normalized spacial score (nSPS) is 18.9. The van der Waals surface area contributed by atoms with Crippen LogP contribution in [0.25, 0.3) is 0 Å². The molecule has 19 heavy (non-hydrogen) atoms. The van der Waals surface area contributed by atoms with Gasteiger partial charge >= 0.3 is 0 Å². The fourth-order valence-electron chi connectivity index (χ4n) is 3.09. The standard InChI is InChI=1S/C16H29N3/c1-13(2)11-14(3)17-12-15-9-10-19(18-15)16-7-5-4-6-8-16/h9-10,13-14,16-17H,4-8,11-12H2,1-3H3. The van der Waals surface area contributed by atoms with E-state index in [1.165, 1.54) is 44.2 Å². The molecule has 1 N–H and O–H groups in total. The molecule has 0 aliphatic heterocycles. The first-order chi connectivity index (χ1) is 9.15. The van der Waals surface area contributed by atoms with Crippen molar-refractivity contribution in [3.8, 4) is 0 Å². The number of hydrogen-bond acceptors (Lipinski definition) is 2. The van der Waals surface area contributed by atoms with Gasteiger partial charge in [-0.05, 0) is 38.2 Å². The lowest BCUT2D eigenvalue weighted by Gasteiger charge is -2.21. The van der Waals surface area contributed by atoms with Crippen molar-refractivity contribution in [3.63, 3.8) is 0 Å². The predicted molar refractivity (Wildman–Crippen MR) is 80.1 cm³/mol. The Morgan fingerprint density at radius 2 is 2.00 bits per heavy atom. The maximum Gasteiger partial charge on any atom is 0.0762 e. The highest BCUT2D eigenvalue weighted by atomic mass is 15.3. The summed E-state index contributed by atoms with van der Waals surface area (Å²) in [4.78, 5) is 0. The second-order valence-corrected chi connectivity index (χ2v) is 6.49. The maximum atomic E-state index is 4.74. The van der Waals surface area contributed by atoms with Crippen LogP contribution in [0.4, 0.5) is 0 Å². The topological polar surface area (TPSA) is 29.9 Å². The Kier molecular flexibility index (Phi) is 5.44. The molecule has 1 heterocycles. The van der Waals surface area contributed by atoms with Gasteiger partial charge in [-0.25, -0.2) is 0 Å². The van der Waals surface area contributed by atoms with E-state index in [4.69, 9.17) is 5.10 Å². The van der Waals surface area contributed by atoms with Gasteiger partial charge in [0.2, 0.25) is 0 Å². The number of nitrogens with zero attached hydrogens (tertiary/aromatic N) is 2. The van der Waals surface area contributed by atoms with Gasteiger partial charge in [-0.3, -0.25) is 4.68 Å². The lowest BCUT2D eigenvalue weighted by atomic mass is 9.96. The smallest absolute Gasteiger partial charge is 0.0762 e. The first kappa shape index (κ1) is 14.6. The molecule has 3 heteroatoms. The highest BCUT2D eigenvalue weighted by Crippen LogP contribution is 2.27. The minimum atomic E-state index is 0.569. The zero-order chi connectivity index (χ0) is 13.7. The Bertz CT molecular complexity index is 364. The minimum absolute atomic E-state index is 0.569. The molecule has 0 radical (unpaired) electrons. The first-order valence-electron chi connectivity index (χ1n) is 7.92. The SMILES string of the molecule is CC(C)CC(C)NCc1ccn(C2CCCCC2)n1. The van der Waals surface area contributed by atoms with E-state index in [0.29, 0.717) is 12.1 Å². The maximum absolute atomic E-state index is 4.74. The van der Waals surface area contributed by atoms with E-state index in [-0.39, 0.29) is 0 Å². The molecule has 0 amide bonds. The van der Waals surface area contributed by atoms with Gasteiger partial charge in [-0.1, -0.05) is 33.1 Å². The molecule has 3 nitrogen and oxygen atoms in total. The number of nitrogens with one attached hydrogen (secondary N) is 1. The van der Waals surface area contributed by atoms with Crippen LogP contribution >= 0.6 is 0 Å². The molecule has 1 aromatic rings. The number of aromatic nitrogens is 2. The van der Waals surface area contributed by atoms with Gasteiger partial charge in [0.25, 0.3) is 0 Å². The number of hydrogen-bond donors (Lipinski definition) is 1. The second kappa shape index (κ2) is 7.09. The van der Waals surface area contributed by atoms with Crippen LogP contribution in [0.3, 0.4) is 0 Å². The largest absolute Gasteiger partial charge is 0.309 e. The van der Waals surface area contributed by atoms with Crippen LogP contribution in [0.1, 0.15) is 71.0 Å². The fourth-order valence-corrected chi connectivity index (χ4v) is 3.09. The lowest BCUT2D eigenvalue weighted by Crippen LogP contribution is -2.27. The molecular formula is C16H29N3. The van der Waals surface area contributed by atoms with Crippen LogP contribution in [-0.2, 0) is 6.54 Å². The van der Waals surface area contributed by atoms with Crippen molar-refractivity contribution >= 4 is 0 Å². The first-order valence-corrected chi connectivity index (χ1v) is 7.92. The van der Waals surface area contributed by atoms with Gasteiger partial charge in [0.15, 0.2) is 0 Å². The zero-order valence-electron chi connectivity index (χ0n) is 12.7. The molecular weight excluding hydrogens is 234 g/mol. The van der Waals surface area contributed by atoms with E-state index in [1.54, 1.807) is 0 Å². The molecule has 108 valence electrons. The predicted octanol–water partition coefficient (Wildman–Crippen LogP) is 3.91. The van der Waals surface area contributed by atoms with Gasteiger partial charge in [0.1, 0.15) is 0 Å². The summed E-state index contributed by atoms with van der Waals surface area (Å²) in [5.74, 6) is 0.752. The van der Waals surface area contributed by atoms with Gasteiger partial charge in [-0.2, -0.15) is 5.10 Å². The van der Waals surface area contributed by atoms with Crippen molar-refractivity contribution in [1.29, 1.82) is 0 Å². The summed E-state index contributed by atoms with van der Waals surface area (Å²) in [7, 11) is 0. The van der Waals surface area contributed by atoms with Gasteiger partial charge in [0.05, 0.1) is 11.7 Å². The third kappa shape index (κ3) is 4.64. The van der Waals surface area contributed by atoms with Crippen LogP contribution in [0.5, 0.6) is 0 Å². The van der Waals surface area contributed by atoms with Crippen molar-refractivity contribution in [2.75, 3.05) is 0 Å². The third-order valence-corrected chi connectivity index (χ3v) is 4.07. The van der Waals surface area contributed by atoms with Crippen LogP contribution in [-0.4, -0.2) is 15.8 Å². The zero-order valence-corrected chi connectivity index (χ0v) is 12.7.